The van der Waals surface area contributed by atoms with Crippen molar-refractivity contribution in [1.29, 1.82) is 0 Å². The molecule has 0 aliphatic carbocycles. The van der Waals surface area contributed by atoms with Crippen molar-refractivity contribution in [2.45, 2.75) is 13.3 Å². The number of nitro benzene ring substituents is 1. The third-order valence-electron chi connectivity index (χ3n) is 1.98. The van der Waals surface area contributed by atoms with Gasteiger partial charge >= 0.3 is 0 Å². The fourth-order valence-corrected chi connectivity index (χ4v) is 1.25. The number of hydrogen-bond donors (Lipinski definition) is 1. The van der Waals surface area contributed by atoms with Crippen LogP contribution in [0.25, 0.3) is 0 Å². The lowest BCUT2D eigenvalue weighted by Gasteiger charge is -2.08. The fourth-order valence-electron chi connectivity index (χ4n) is 1.25. The van der Waals surface area contributed by atoms with Crippen molar-refractivity contribution in [1.82, 2.24) is 0 Å². The highest BCUT2D eigenvalue weighted by Gasteiger charge is 2.10. The molecule has 0 atom stereocenters. The first-order chi connectivity index (χ1) is 7.19. The van der Waals surface area contributed by atoms with Crippen LogP contribution in [-0.4, -0.2) is 23.2 Å². The molecule has 0 bridgehead atoms. The molecule has 0 saturated heterocycles. The molecule has 5 heteroatoms. The summed E-state index contributed by atoms with van der Waals surface area (Å²) in [6.07, 6.45) is 0.655. The standard InChI is InChI=1S/C10H13NO4/c1-2-8-7-9(11(13)14)3-4-10(8)15-6-5-12/h3-4,7,12H,2,5-6H2,1H3. The molecule has 0 amide bonds. The monoisotopic (exact) mass is 211 g/mol. The highest BCUT2D eigenvalue weighted by atomic mass is 16.6. The predicted molar refractivity (Wildman–Crippen MR) is 55.1 cm³/mol. The maximum Gasteiger partial charge on any atom is 0.269 e. The molecule has 0 aliphatic rings. The van der Waals surface area contributed by atoms with E-state index in [-0.39, 0.29) is 18.9 Å². The van der Waals surface area contributed by atoms with Crippen LogP contribution in [0.3, 0.4) is 0 Å². The minimum Gasteiger partial charge on any atom is -0.491 e. The minimum atomic E-state index is -0.436. The SMILES string of the molecule is CCc1cc([N+](=O)[O-])ccc1OCCO. The molecule has 0 heterocycles. The van der Waals surface area contributed by atoms with E-state index in [1.807, 2.05) is 6.92 Å². The van der Waals surface area contributed by atoms with E-state index in [9.17, 15) is 10.1 Å². The molecule has 82 valence electrons. The van der Waals surface area contributed by atoms with Crippen molar-refractivity contribution in [3.05, 3.63) is 33.9 Å². The van der Waals surface area contributed by atoms with Crippen LogP contribution >= 0.6 is 0 Å². The highest BCUT2D eigenvalue weighted by molar-refractivity contribution is 5.43. The summed E-state index contributed by atoms with van der Waals surface area (Å²) in [4.78, 5) is 10.1. The second kappa shape index (κ2) is 5.31. The number of benzene rings is 1. The van der Waals surface area contributed by atoms with E-state index in [0.717, 1.165) is 5.56 Å². The third kappa shape index (κ3) is 2.92. The van der Waals surface area contributed by atoms with Gasteiger partial charge in [0.25, 0.3) is 5.69 Å². The van der Waals surface area contributed by atoms with Gasteiger partial charge in [0.15, 0.2) is 0 Å². The number of hydrogen-bond acceptors (Lipinski definition) is 4. The predicted octanol–water partition coefficient (Wildman–Crippen LogP) is 1.53. The van der Waals surface area contributed by atoms with Crippen LogP contribution in [0, 0.1) is 10.1 Å². The molecular formula is C10H13NO4. The van der Waals surface area contributed by atoms with Gasteiger partial charge in [-0.15, -0.1) is 0 Å². The Morgan fingerprint density at radius 2 is 2.27 bits per heavy atom. The summed E-state index contributed by atoms with van der Waals surface area (Å²) >= 11 is 0. The summed E-state index contributed by atoms with van der Waals surface area (Å²) in [7, 11) is 0. The van der Waals surface area contributed by atoms with Crippen LogP contribution in [0.15, 0.2) is 18.2 Å². The Bertz CT molecular complexity index is 351. The van der Waals surface area contributed by atoms with Crippen molar-refractivity contribution in [2.75, 3.05) is 13.2 Å². The summed E-state index contributed by atoms with van der Waals surface area (Å²) < 4.78 is 5.24. The number of non-ortho nitro benzene ring substituents is 1. The van der Waals surface area contributed by atoms with E-state index in [1.54, 1.807) is 6.07 Å². The van der Waals surface area contributed by atoms with Gasteiger partial charge in [-0.2, -0.15) is 0 Å². The second-order valence-corrected chi connectivity index (χ2v) is 2.97. The molecule has 1 aromatic rings. The average molecular weight is 211 g/mol. The smallest absolute Gasteiger partial charge is 0.269 e. The van der Waals surface area contributed by atoms with Crippen molar-refractivity contribution in [3.63, 3.8) is 0 Å². The summed E-state index contributed by atoms with van der Waals surface area (Å²) in [5.41, 5.74) is 0.834. The van der Waals surface area contributed by atoms with E-state index >= 15 is 0 Å². The van der Waals surface area contributed by atoms with Gasteiger partial charge in [0, 0.05) is 17.7 Å². The third-order valence-corrected chi connectivity index (χ3v) is 1.98. The Labute approximate surface area is 87.5 Å². The van der Waals surface area contributed by atoms with Crippen molar-refractivity contribution >= 4 is 5.69 Å². The van der Waals surface area contributed by atoms with Crippen molar-refractivity contribution in [2.24, 2.45) is 0 Å². The first-order valence-corrected chi connectivity index (χ1v) is 4.70. The van der Waals surface area contributed by atoms with Crippen LogP contribution in [-0.2, 0) is 6.42 Å². The first kappa shape index (κ1) is 11.5. The number of rotatable bonds is 5. The van der Waals surface area contributed by atoms with E-state index in [2.05, 4.69) is 0 Å². The number of nitrogens with zero attached hydrogens (tertiary/aromatic N) is 1. The molecule has 0 fully saturated rings. The topological polar surface area (TPSA) is 72.6 Å². The molecular weight excluding hydrogens is 198 g/mol. The molecule has 0 unspecified atom stereocenters. The normalized spacial score (nSPS) is 10.0. The molecule has 5 nitrogen and oxygen atoms in total. The molecule has 1 aromatic carbocycles. The maximum absolute atomic E-state index is 10.5. The van der Waals surface area contributed by atoms with Crippen LogP contribution < -0.4 is 4.74 Å². The van der Waals surface area contributed by atoms with Crippen LogP contribution in [0.5, 0.6) is 5.75 Å². The second-order valence-electron chi connectivity index (χ2n) is 2.97. The van der Waals surface area contributed by atoms with Crippen molar-refractivity contribution < 1.29 is 14.8 Å². The molecule has 0 aromatic heterocycles. The van der Waals surface area contributed by atoms with Gasteiger partial charge in [-0.05, 0) is 12.5 Å². The van der Waals surface area contributed by atoms with Gasteiger partial charge in [-0.25, -0.2) is 0 Å². The number of aryl methyl sites for hydroxylation is 1. The summed E-state index contributed by atoms with van der Waals surface area (Å²) in [5.74, 6) is 0.595. The quantitative estimate of drug-likeness (QED) is 0.592. The number of nitro groups is 1. The zero-order chi connectivity index (χ0) is 11.3. The van der Waals surface area contributed by atoms with E-state index < -0.39 is 4.92 Å². The van der Waals surface area contributed by atoms with Gasteiger partial charge in [0.2, 0.25) is 0 Å². The van der Waals surface area contributed by atoms with Gasteiger partial charge in [0.05, 0.1) is 11.5 Å². The lowest BCUT2D eigenvalue weighted by molar-refractivity contribution is -0.384. The molecule has 15 heavy (non-hydrogen) atoms. The summed E-state index contributed by atoms with van der Waals surface area (Å²) in [5, 5.41) is 19.1. The van der Waals surface area contributed by atoms with Crippen LogP contribution in [0.4, 0.5) is 5.69 Å². The van der Waals surface area contributed by atoms with E-state index in [1.165, 1.54) is 12.1 Å². The molecule has 0 radical (unpaired) electrons. The molecule has 1 rings (SSSR count). The molecule has 0 aliphatic heterocycles. The van der Waals surface area contributed by atoms with E-state index in [0.29, 0.717) is 12.2 Å². The molecule has 0 saturated carbocycles. The molecule has 0 spiro atoms. The number of ether oxygens (including phenoxy) is 1. The molecule has 1 N–H and O–H groups in total. The number of aliphatic hydroxyl groups excluding tert-OH is 1. The summed E-state index contributed by atoms with van der Waals surface area (Å²) in [6.45, 7) is 2.02. The Morgan fingerprint density at radius 3 is 2.80 bits per heavy atom. The minimum absolute atomic E-state index is 0.0585. The van der Waals surface area contributed by atoms with Gasteiger partial charge in [0.1, 0.15) is 12.4 Å². The zero-order valence-electron chi connectivity index (χ0n) is 8.47. The lowest BCUT2D eigenvalue weighted by Crippen LogP contribution is -2.04. The Balaban J connectivity index is 2.93. The summed E-state index contributed by atoms with van der Waals surface area (Å²) in [6, 6.07) is 4.45. The van der Waals surface area contributed by atoms with Gasteiger partial charge < -0.3 is 9.84 Å². The Hall–Kier alpha value is -1.62. The van der Waals surface area contributed by atoms with Crippen LogP contribution in [0.1, 0.15) is 12.5 Å². The van der Waals surface area contributed by atoms with Crippen LogP contribution in [0.2, 0.25) is 0 Å². The van der Waals surface area contributed by atoms with Crippen molar-refractivity contribution in [3.8, 4) is 5.75 Å². The Kier molecular flexibility index (Phi) is 4.05. The van der Waals surface area contributed by atoms with Gasteiger partial charge in [-0.3, -0.25) is 10.1 Å². The van der Waals surface area contributed by atoms with Gasteiger partial charge in [-0.1, -0.05) is 6.92 Å². The average Bonchev–Trinajstić information content (AvgIpc) is 2.25. The zero-order valence-corrected chi connectivity index (χ0v) is 8.47. The lowest BCUT2D eigenvalue weighted by atomic mass is 10.1. The highest BCUT2D eigenvalue weighted by Crippen LogP contribution is 2.24. The fraction of sp³-hybridized carbons (Fsp3) is 0.400. The largest absolute Gasteiger partial charge is 0.491 e. The number of aliphatic hydroxyl groups is 1. The Morgan fingerprint density at radius 1 is 1.53 bits per heavy atom. The first-order valence-electron chi connectivity index (χ1n) is 4.70. The van der Waals surface area contributed by atoms with E-state index in [4.69, 9.17) is 9.84 Å². The maximum atomic E-state index is 10.5.